The van der Waals surface area contributed by atoms with Crippen molar-refractivity contribution in [3.05, 3.63) is 90.5 Å². The predicted molar refractivity (Wildman–Crippen MR) is 120 cm³/mol. The molecule has 0 saturated carbocycles. The quantitative estimate of drug-likeness (QED) is 0.545. The zero-order valence-corrected chi connectivity index (χ0v) is 17.5. The molecule has 0 saturated heterocycles. The van der Waals surface area contributed by atoms with Crippen LogP contribution >= 0.6 is 11.8 Å². The third kappa shape index (κ3) is 6.10. The molecule has 150 valence electrons. The van der Waals surface area contributed by atoms with Gasteiger partial charge in [-0.2, -0.15) is 0 Å². The summed E-state index contributed by atoms with van der Waals surface area (Å²) in [5, 5.41) is 2.59. The summed E-state index contributed by atoms with van der Waals surface area (Å²) >= 11 is 1.55. The van der Waals surface area contributed by atoms with E-state index >= 15 is 0 Å². The summed E-state index contributed by atoms with van der Waals surface area (Å²) in [5.74, 6) is 0.626. The van der Waals surface area contributed by atoms with Crippen LogP contribution in [-0.4, -0.2) is 19.6 Å². The molecule has 0 unspecified atom stereocenters. The van der Waals surface area contributed by atoms with Crippen molar-refractivity contribution >= 4 is 39.1 Å². The van der Waals surface area contributed by atoms with E-state index in [0.717, 1.165) is 11.3 Å². The van der Waals surface area contributed by atoms with Gasteiger partial charge in [0.05, 0.1) is 10.1 Å². The first-order valence-corrected chi connectivity index (χ1v) is 11.6. The van der Waals surface area contributed by atoms with Gasteiger partial charge in [-0.05, 0) is 48.9 Å². The number of rotatable bonds is 8. The number of benzene rings is 3. The Hall–Kier alpha value is -2.77. The maximum absolute atomic E-state index is 12.5. The van der Waals surface area contributed by atoms with Crippen LogP contribution < -0.4 is 10.0 Å². The van der Waals surface area contributed by atoms with Crippen LogP contribution in [0.5, 0.6) is 0 Å². The van der Waals surface area contributed by atoms with Crippen LogP contribution in [0.15, 0.2) is 89.8 Å². The van der Waals surface area contributed by atoms with Crippen LogP contribution in [0.3, 0.4) is 0 Å². The second kappa shape index (κ2) is 9.62. The minimum absolute atomic E-state index is 0.121. The third-order valence-corrected chi connectivity index (χ3v) is 6.78. The molecule has 3 aromatic rings. The number of thioether (sulfide) groups is 1. The van der Waals surface area contributed by atoms with Crippen molar-refractivity contribution in [2.24, 2.45) is 0 Å². The van der Waals surface area contributed by atoms with Crippen molar-refractivity contribution in [3.63, 3.8) is 0 Å². The maximum Gasteiger partial charge on any atom is 0.261 e. The van der Waals surface area contributed by atoms with Gasteiger partial charge in [-0.15, -0.1) is 11.8 Å². The minimum Gasteiger partial charge on any atom is -0.325 e. The largest absolute Gasteiger partial charge is 0.325 e. The Morgan fingerprint density at radius 2 is 1.45 bits per heavy atom. The number of amides is 1. The molecule has 0 aliphatic carbocycles. The summed E-state index contributed by atoms with van der Waals surface area (Å²) in [6, 6.07) is 24.8. The number of anilines is 2. The molecule has 3 aromatic carbocycles. The highest BCUT2D eigenvalue weighted by atomic mass is 32.2. The van der Waals surface area contributed by atoms with E-state index in [0.29, 0.717) is 11.4 Å². The summed E-state index contributed by atoms with van der Waals surface area (Å²) in [6.45, 7) is 1.85. The summed E-state index contributed by atoms with van der Waals surface area (Å²) in [7, 11) is -3.68. The fraction of sp³-hybridized carbons (Fsp3) is 0.136. The van der Waals surface area contributed by atoms with Gasteiger partial charge in [0.25, 0.3) is 10.0 Å². The Kier molecular flexibility index (Phi) is 6.95. The normalized spacial score (nSPS) is 12.2. The average molecular weight is 427 g/mol. The van der Waals surface area contributed by atoms with Crippen molar-refractivity contribution in [1.82, 2.24) is 0 Å². The molecule has 3 rings (SSSR count). The molecular formula is C22H22N2O3S2. The van der Waals surface area contributed by atoms with Gasteiger partial charge >= 0.3 is 0 Å². The van der Waals surface area contributed by atoms with E-state index in [1.807, 2.05) is 43.3 Å². The van der Waals surface area contributed by atoms with Gasteiger partial charge in [-0.25, -0.2) is 8.42 Å². The predicted octanol–water partition coefficient (Wildman–Crippen LogP) is 4.75. The zero-order valence-electron chi connectivity index (χ0n) is 15.9. The molecule has 0 aliphatic heterocycles. The Labute approximate surface area is 175 Å². The summed E-state index contributed by atoms with van der Waals surface area (Å²) in [5.41, 5.74) is 2.22. The molecule has 0 fully saturated rings. The number of para-hydroxylation sites is 1. The Bertz CT molecular complexity index is 1040. The Morgan fingerprint density at radius 1 is 0.862 bits per heavy atom. The average Bonchev–Trinajstić information content (AvgIpc) is 2.73. The lowest BCUT2D eigenvalue weighted by Crippen LogP contribution is -2.22. The number of carbonyl (C=O) groups is 1. The molecule has 0 aliphatic rings. The first-order chi connectivity index (χ1) is 13.9. The van der Waals surface area contributed by atoms with Crippen molar-refractivity contribution < 1.29 is 13.2 Å². The van der Waals surface area contributed by atoms with Crippen molar-refractivity contribution in [3.8, 4) is 0 Å². The van der Waals surface area contributed by atoms with E-state index in [-0.39, 0.29) is 16.1 Å². The fourth-order valence-electron chi connectivity index (χ4n) is 2.55. The highest BCUT2D eigenvalue weighted by molar-refractivity contribution is 7.99. The highest BCUT2D eigenvalue weighted by Gasteiger charge is 2.16. The van der Waals surface area contributed by atoms with Crippen LogP contribution in [0.25, 0.3) is 0 Å². The lowest BCUT2D eigenvalue weighted by atomic mass is 10.2. The molecule has 0 radical (unpaired) electrons. The molecule has 1 atom stereocenters. The lowest BCUT2D eigenvalue weighted by Gasteiger charge is -2.13. The van der Waals surface area contributed by atoms with Crippen molar-refractivity contribution in [1.29, 1.82) is 0 Å². The zero-order chi connectivity index (χ0) is 20.7. The topological polar surface area (TPSA) is 75.3 Å². The molecule has 2 N–H and O–H groups in total. The van der Waals surface area contributed by atoms with Gasteiger partial charge in [-0.3, -0.25) is 9.52 Å². The molecule has 5 nitrogen and oxygen atoms in total. The van der Waals surface area contributed by atoms with E-state index in [2.05, 4.69) is 10.0 Å². The molecule has 0 bridgehead atoms. The van der Waals surface area contributed by atoms with Gasteiger partial charge < -0.3 is 5.32 Å². The summed E-state index contributed by atoms with van der Waals surface area (Å²) in [6.07, 6.45) is 0. The SMILES string of the molecule is C[C@@H](SCc1ccccc1)C(=O)Nc1ccc(S(=O)(=O)Nc2ccccc2)cc1. The van der Waals surface area contributed by atoms with Gasteiger partial charge in [0.15, 0.2) is 0 Å². The van der Waals surface area contributed by atoms with Crippen molar-refractivity contribution in [2.45, 2.75) is 22.8 Å². The summed E-state index contributed by atoms with van der Waals surface area (Å²) in [4.78, 5) is 12.5. The number of carbonyl (C=O) groups excluding carboxylic acids is 1. The summed E-state index contributed by atoms with van der Waals surface area (Å²) < 4.78 is 27.4. The van der Waals surface area contributed by atoms with Crippen LogP contribution in [-0.2, 0) is 20.6 Å². The monoisotopic (exact) mass is 426 g/mol. The first-order valence-electron chi connectivity index (χ1n) is 9.08. The van der Waals surface area contributed by atoms with E-state index in [4.69, 9.17) is 0 Å². The Balaban J connectivity index is 1.57. The third-order valence-electron chi connectivity index (χ3n) is 4.17. The van der Waals surface area contributed by atoms with E-state index in [1.54, 1.807) is 48.2 Å². The molecule has 7 heteroatoms. The highest BCUT2D eigenvalue weighted by Crippen LogP contribution is 2.21. The van der Waals surface area contributed by atoms with Crippen molar-refractivity contribution in [2.75, 3.05) is 10.0 Å². The number of sulfonamides is 1. The molecule has 29 heavy (non-hydrogen) atoms. The van der Waals surface area contributed by atoms with Gasteiger partial charge in [0.1, 0.15) is 0 Å². The molecular weight excluding hydrogens is 404 g/mol. The van der Waals surface area contributed by atoms with Gasteiger partial charge in [0.2, 0.25) is 5.91 Å². The molecule has 1 amide bonds. The van der Waals surface area contributed by atoms with E-state index in [1.165, 1.54) is 12.1 Å². The van der Waals surface area contributed by atoms with Crippen LogP contribution in [0.4, 0.5) is 11.4 Å². The standard InChI is InChI=1S/C22H22N2O3S2/c1-17(28-16-18-8-4-2-5-9-18)22(25)23-19-12-14-21(15-13-19)29(26,27)24-20-10-6-3-7-11-20/h2-15,17,24H,16H2,1H3,(H,23,25)/t17-/m1/s1. The van der Waals surface area contributed by atoms with E-state index in [9.17, 15) is 13.2 Å². The van der Waals surface area contributed by atoms with Crippen LogP contribution in [0, 0.1) is 0 Å². The first kappa shape index (κ1) is 21.0. The number of hydrogen-bond acceptors (Lipinski definition) is 4. The Morgan fingerprint density at radius 3 is 2.07 bits per heavy atom. The van der Waals surface area contributed by atoms with Gasteiger partial charge in [0, 0.05) is 17.1 Å². The fourth-order valence-corrected chi connectivity index (χ4v) is 4.46. The lowest BCUT2D eigenvalue weighted by molar-refractivity contribution is -0.115. The number of hydrogen-bond donors (Lipinski definition) is 2. The van der Waals surface area contributed by atoms with Crippen LogP contribution in [0.2, 0.25) is 0 Å². The smallest absolute Gasteiger partial charge is 0.261 e. The molecule has 0 spiro atoms. The number of nitrogens with one attached hydrogen (secondary N) is 2. The van der Waals surface area contributed by atoms with Crippen LogP contribution in [0.1, 0.15) is 12.5 Å². The maximum atomic E-state index is 12.5. The second-order valence-corrected chi connectivity index (χ2v) is 9.44. The molecule has 0 heterocycles. The second-order valence-electron chi connectivity index (χ2n) is 6.42. The van der Waals surface area contributed by atoms with Gasteiger partial charge in [-0.1, -0.05) is 48.5 Å². The van der Waals surface area contributed by atoms with E-state index < -0.39 is 10.0 Å². The molecule has 0 aromatic heterocycles. The minimum atomic E-state index is -3.68.